The molecule has 0 radical (unpaired) electrons. The van der Waals surface area contributed by atoms with Crippen molar-refractivity contribution in [1.29, 1.82) is 0 Å². The Kier molecular flexibility index (Phi) is 4.26. The number of nitrogens with one attached hydrogen (secondary N) is 4. The van der Waals surface area contributed by atoms with Gasteiger partial charge in [0.05, 0.1) is 17.4 Å². The SMILES string of the molecule is O=C(NNc1cc(Br)cc2[nH]ncc12)NC1CCOCC1. The molecule has 1 saturated heterocycles. The molecule has 0 saturated carbocycles. The molecule has 1 aromatic heterocycles. The molecule has 4 N–H and O–H groups in total. The maximum absolute atomic E-state index is 11.9. The van der Waals surface area contributed by atoms with E-state index in [2.05, 4.69) is 42.3 Å². The van der Waals surface area contributed by atoms with Crippen LogP contribution in [0.1, 0.15) is 12.8 Å². The largest absolute Gasteiger partial charge is 0.381 e. The number of benzene rings is 1. The summed E-state index contributed by atoms with van der Waals surface area (Å²) in [5.41, 5.74) is 7.23. The second-order valence-electron chi connectivity index (χ2n) is 4.89. The minimum atomic E-state index is -0.251. The van der Waals surface area contributed by atoms with Crippen molar-refractivity contribution in [2.24, 2.45) is 0 Å². The smallest absolute Gasteiger partial charge is 0.333 e. The molecule has 8 heteroatoms. The molecule has 1 fully saturated rings. The van der Waals surface area contributed by atoms with Crippen LogP contribution < -0.4 is 16.2 Å². The molecule has 1 aromatic carbocycles. The summed E-state index contributed by atoms with van der Waals surface area (Å²) >= 11 is 3.42. The predicted molar refractivity (Wildman–Crippen MR) is 82.9 cm³/mol. The van der Waals surface area contributed by atoms with E-state index < -0.39 is 0 Å². The number of halogens is 1. The van der Waals surface area contributed by atoms with E-state index in [1.54, 1.807) is 6.20 Å². The number of aromatic amines is 1. The number of carbonyl (C=O) groups is 1. The van der Waals surface area contributed by atoms with Crippen molar-refractivity contribution in [3.8, 4) is 0 Å². The number of hydrogen-bond acceptors (Lipinski definition) is 4. The van der Waals surface area contributed by atoms with Crippen LogP contribution in [0.25, 0.3) is 10.9 Å². The summed E-state index contributed by atoms with van der Waals surface area (Å²) in [5.74, 6) is 0. The van der Waals surface area contributed by atoms with Crippen molar-refractivity contribution in [3.05, 3.63) is 22.8 Å². The van der Waals surface area contributed by atoms with E-state index in [-0.39, 0.29) is 12.1 Å². The fourth-order valence-electron chi connectivity index (χ4n) is 2.31. The topological polar surface area (TPSA) is 91.1 Å². The summed E-state index contributed by atoms with van der Waals surface area (Å²) in [6.07, 6.45) is 3.40. The molecule has 0 aliphatic carbocycles. The van der Waals surface area contributed by atoms with Gasteiger partial charge in [0.25, 0.3) is 0 Å². The van der Waals surface area contributed by atoms with Gasteiger partial charge in [-0.3, -0.25) is 16.0 Å². The number of nitrogens with zero attached hydrogens (tertiary/aromatic N) is 1. The number of amides is 2. The maximum Gasteiger partial charge on any atom is 0.333 e. The molecule has 112 valence electrons. The highest BCUT2D eigenvalue weighted by molar-refractivity contribution is 9.10. The van der Waals surface area contributed by atoms with E-state index >= 15 is 0 Å². The molecule has 2 amide bonds. The molecular weight excluding hydrogens is 338 g/mol. The number of carbonyl (C=O) groups excluding carboxylic acids is 1. The number of rotatable bonds is 3. The van der Waals surface area contributed by atoms with Crippen LogP contribution in [0.2, 0.25) is 0 Å². The quantitative estimate of drug-likeness (QED) is 0.636. The summed E-state index contributed by atoms with van der Waals surface area (Å²) < 4.78 is 6.16. The van der Waals surface area contributed by atoms with Gasteiger partial charge in [-0.05, 0) is 25.0 Å². The van der Waals surface area contributed by atoms with Crippen LogP contribution in [0.3, 0.4) is 0 Å². The summed E-state index contributed by atoms with van der Waals surface area (Å²) in [7, 11) is 0. The third kappa shape index (κ3) is 3.45. The average Bonchev–Trinajstić information content (AvgIpc) is 2.94. The fraction of sp³-hybridized carbons (Fsp3) is 0.385. The first kappa shape index (κ1) is 14.2. The second-order valence-corrected chi connectivity index (χ2v) is 5.81. The van der Waals surface area contributed by atoms with Crippen LogP contribution >= 0.6 is 15.9 Å². The van der Waals surface area contributed by atoms with Gasteiger partial charge in [0, 0.05) is 29.1 Å². The van der Waals surface area contributed by atoms with Crippen LogP contribution in [0.4, 0.5) is 10.5 Å². The molecule has 1 aliphatic rings. The third-order valence-electron chi connectivity index (χ3n) is 3.39. The molecule has 0 unspecified atom stereocenters. The van der Waals surface area contributed by atoms with Gasteiger partial charge in [-0.2, -0.15) is 5.10 Å². The van der Waals surface area contributed by atoms with Crippen LogP contribution in [-0.2, 0) is 4.74 Å². The number of hydrazine groups is 1. The molecule has 1 aliphatic heterocycles. The van der Waals surface area contributed by atoms with Gasteiger partial charge >= 0.3 is 6.03 Å². The highest BCUT2D eigenvalue weighted by Gasteiger charge is 2.16. The molecule has 2 aromatic rings. The minimum Gasteiger partial charge on any atom is -0.381 e. The Morgan fingerprint density at radius 3 is 3.00 bits per heavy atom. The molecule has 2 heterocycles. The van der Waals surface area contributed by atoms with E-state index in [1.807, 2.05) is 12.1 Å². The number of aromatic nitrogens is 2. The van der Waals surface area contributed by atoms with Crippen molar-refractivity contribution in [1.82, 2.24) is 20.9 Å². The molecule has 0 spiro atoms. The first-order chi connectivity index (χ1) is 10.2. The van der Waals surface area contributed by atoms with E-state index in [9.17, 15) is 4.79 Å². The summed E-state index contributed by atoms with van der Waals surface area (Å²) in [5, 5.41) is 10.7. The van der Waals surface area contributed by atoms with Gasteiger partial charge in [-0.25, -0.2) is 4.79 Å². The number of fused-ring (bicyclic) bond motifs is 1. The van der Waals surface area contributed by atoms with Gasteiger partial charge in [0.15, 0.2) is 0 Å². The Hall–Kier alpha value is -1.80. The van der Waals surface area contributed by atoms with Gasteiger partial charge in [-0.15, -0.1) is 0 Å². The predicted octanol–water partition coefficient (Wildman–Crippen LogP) is 2.13. The van der Waals surface area contributed by atoms with Crippen molar-refractivity contribution < 1.29 is 9.53 Å². The third-order valence-corrected chi connectivity index (χ3v) is 3.85. The zero-order chi connectivity index (χ0) is 14.7. The molecule has 0 atom stereocenters. The molecule has 3 rings (SSSR count). The Morgan fingerprint density at radius 1 is 1.38 bits per heavy atom. The zero-order valence-electron chi connectivity index (χ0n) is 11.3. The van der Waals surface area contributed by atoms with Crippen LogP contribution in [0.5, 0.6) is 0 Å². The highest BCUT2D eigenvalue weighted by Crippen LogP contribution is 2.26. The average molecular weight is 354 g/mol. The highest BCUT2D eigenvalue weighted by atomic mass is 79.9. The van der Waals surface area contributed by atoms with Crippen LogP contribution in [0, 0.1) is 0 Å². The summed E-state index contributed by atoms with van der Waals surface area (Å²) in [6.45, 7) is 1.39. The first-order valence-electron chi connectivity index (χ1n) is 6.75. The Bertz CT molecular complexity index is 639. The molecular formula is C13H16BrN5O2. The normalized spacial score (nSPS) is 15.9. The lowest BCUT2D eigenvalue weighted by molar-refractivity contribution is 0.0801. The Morgan fingerprint density at radius 2 is 2.19 bits per heavy atom. The van der Waals surface area contributed by atoms with E-state index in [4.69, 9.17) is 4.74 Å². The maximum atomic E-state index is 11.9. The number of hydrogen-bond donors (Lipinski definition) is 4. The zero-order valence-corrected chi connectivity index (χ0v) is 12.9. The Labute approximate surface area is 129 Å². The number of anilines is 1. The minimum absolute atomic E-state index is 0.164. The van der Waals surface area contributed by atoms with Crippen molar-refractivity contribution in [2.45, 2.75) is 18.9 Å². The van der Waals surface area contributed by atoms with Crippen molar-refractivity contribution in [3.63, 3.8) is 0 Å². The van der Waals surface area contributed by atoms with Crippen LogP contribution in [0.15, 0.2) is 22.8 Å². The molecule has 7 nitrogen and oxygen atoms in total. The summed E-state index contributed by atoms with van der Waals surface area (Å²) in [4.78, 5) is 11.9. The number of H-pyrrole nitrogens is 1. The number of urea groups is 1. The van der Waals surface area contributed by atoms with Gasteiger partial charge in [0.2, 0.25) is 0 Å². The molecule has 21 heavy (non-hydrogen) atoms. The van der Waals surface area contributed by atoms with Gasteiger partial charge in [-0.1, -0.05) is 15.9 Å². The van der Waals surface area contributed by atoms with Crippen molar-refractivity contribution in [2.75, 3.05) is 18.6 Å². The summed E-state index contributed by atoms with van der Waals surface area (Å²) in [6, 6.07) is 3.72. The van der Waals surface area contributed by atoms with E-state index in [0.29, 0.717) is 13.2 Å². The molecule has 0 bridgehead atoms. The monoisotopic (exact) mass is 353 g/mol. The van der Waals surface area contributed by atoms with Crippen molar-refractivity contribution >= 4 is 38.6 Å². The van der Waals surface area contributed by atoms with Crippen LogP contribution in [-0.4, -0.2) is 35.5 Å². The van der Waals surface area contributed by atoms with Gasteiger partial charge < -0.3 is 10.1 Å². The standard InChI is InChI=1S/C13H16BrN5O2/c14-8-5-11-10(7-15-17-11)12(6-8)18-19-13(20)16-9-1-3-21-4-2-9/h5-7,9,18H,1-4H2,(H,15,17)(H2,16,19,20). The number of ether oxygens (including phenoxy) is 1. The fourth-order valence-corrected chi connectivity index (χ4v) is 2.76. The van der Waals surface area contributed by atoms with E-state index in [1.165, 1.54) is 0 Å². The lowest BCUT2D eigenvalue weighted by atomic mass is 10.1. The van der Waals surface area contributed by atoms with Gasteiger partial charge in [0.1, 0.15) is 0 Å². The first-order valence-corrected chi connectivity index (χ1v) is 7.54. The van der Waals surface area contributed by atoms with E-state index in [0.717, 1.165) is 33.9 Å². The lowest BCUT2D eigenvalue weighted by Crippen LogP contribution is -2.46. The lowest BCUT2D eigenvalue weighted by Gasteiger charge is -2.23. The Balaban J connectivity index is 1.60. The second kappa shape index (κ2) is 6.31.